The fourth-order valence-corrected chi connectivity index (χ4v) is 6.88. The third-order valence-electron chi connectivity index (χ3n) is 3.32. The quantitative estimate of drug-likeness (QED) is 0.535. The van der Waals surface area contributed by atoms with E-state index in [2.05, 4.69) is 63.4 Å². The van der Waals surface area contributed by atoms with Crippen LogP contribution in [0.5, 0.6) is 5.75 Å². The average Bonchev–Trinajstić information content (AvgIpc) is 2.45. The van der Waals surface area contributed by atoms with Gasteiger partial charge < -0.3 is 0 Å². The molecule has 0 unspecified atom stereocenters. The van der Waals surface area contributed by atoms with Crippen molar-refractivity contribution in [2.45, 2.75) is 14.8 Å². The van der Waals surface area contributed by atoms with Crippen molar-refractivity contribution in [3.05, 3.63) is 65.7 Å². The molecule has 2 aromatic rings. The molecule has 0 saturated heterocycles. The van der Waals surface area contributed by atoms with Crippen LogP contribution in [-0.4, -0.2) is 25.5 Å². The summed E-state index contributed by atoms with van der Waals surface area (Å²) in [4.78, 5) is 7.37. The first-order chi connectivity index (χ1) is 9.50. The monoisotopic (exact) mass is 374 g/mol. The van der Waals surface area contributed by atoms with Crippen molar-refractivity contribution in [2.75, 3.05) is 7.11 Å². The van der Waals surface area contributed by atoms with Crippen LogP contribution in [-0.2, 0) is 0 Å². The first kappa shape index (κ1) is 15.2. The minimum absolute atomic E-state index is 0.905. The van der Waals surface area contributed by atoms with E-state index in [0.717, 1.165) is 5.75 Å². The minimum atomic E-state index is -2.17. The van der Waals surface area contributed by atoms with Crippen LogP contribution in [0.15, 0.2) is 54.6 Å². The molecule has 0 saturated carbocycles. The molecule has 0 spiro atoms. The number of hydrogen-bond acceptors (Lipinski definition) is 1. The van der Waals surface area contributed by atoms with Gasteiger partial charge in [0.1, 0.15) is 0 Å². The molecule has 104 valence electrons. The van der Waals surface area contributed by atoms with Crippen molar-refractivity contribution < 1.29 is 4.74 Å². The second kappa shape index (κ2) is 6.49. The number of rotatable bonds is 4. The van der Waals surface area contributed by atoms with E-state index in [0.29, 0.717) is 0 Å². The van der Waals surface area contributed by atoms with Gasteiger partial charge in [0, 0.05) is 0 Å². The summed E-state index contributed by atoms with van der Waals surface area (Å²) in [6.45, 7) is 0. The Labute approximate surface area is 126 Å². The molecule has 0 amide bonds. The topological polar surface area (TPSA) is 9.23 Å². The maximum atomic E-state index is 5.22. The van der Waals surface area contributed by atoms with Crippen LogP contribution in [0.2, 0.25) is 14.8 Å². The summed E-state index contributed by atoms with van der Waals surface area (Å²) in [6, 6.07) is 19.0. The van der Waals surface area contributed by atoms with E-state index < -0.39 is 18.4 Å². The molecule has 0 aliphatic heterocycles. The third kappa shape index (κ3) is 3.89. The fraction of sp³-hybridized carbons (Fsp3) is 0.222. The van der Waals surface area contributed by atoms with Crippen LogP contribution < -0.4 is 4.74 Å². The van der Waals surface area contributed by atoms with Crippen LogP contribution >= 0.6 is 0 Å². The summed E-state index contributed by atoms with van der Waals surface area (Å²) in [6.07, 6.45) is 2.35. The number of ether oxygens (including phenoxy) is 1. The van der Waals surface area contributed by atoms with E-state index in [1.807, 2.05) is 12.1 Å². The van der Waals surface area contributed by atoms with Crippen molar-refractivity contribution >= 4 is 28.0 Å². The zero-order valence-electron chi connectivity index (χ0n) is 12.7. The van der Waals surface area contributed by atoms with Crippen LogP contribution in [0.4, 0.5) is 0 Å². The van der Waals surface area contributed by atoms with Gasteiger partial charge in [0.15, 0.2) is 0 Å². The first-order valence-corrected chi connectivity index (χ1v) is 16.9. The molecule has 2 aromatic carbocycles. The molecule has 0 bridgehead atoms. The number of hydrogen-bond donors (Lipinski definition) is 0. The van der Waals surface area contributed by atoms with Crippen molar-refractivity contribution in [2.24, 2.45) is 0 Å². The summed E-state index contributed by atoms with van der Waals surface area (Å²) in [7, 11) is 1.70. The molecule has 1 nitrogen and oxygen atoms in total. The van der Waals surface area contributed by atoms with E-state index in [1.54, 1.807) is 10.7 Å². The Hall–Kier alpha value is -1.22. The van der Waals surface area contributed by atoms with Gasteiger partial charge in [0.2, 0.25) is 0 Å². The Bertz CT molecular complexity index is 577. The number of benzene rings is 2. The molecule has 0 aliphatic carbocycles. The standard InChI is InChI=1S/C15H13O.3CH3.Sn/c1-16-15-11-9-14(10-12-15)8-7-13-5-3-2-4-6-13;;;;/h2-6,8-12H,1H3;3*1H3;. The Kier molecular flexibility index (Phi) is 4.92. The molecule has 0 heterocycles. The SMILES string of the molecule is COc1ccc(/C=[C](/c2ccccc2)[Sn]([CH3])([CH3])[CH3])cc1. The molecule has 20 heavy (non-hydrogen) atoms. The maximum absolute atomic E-state index is 5.22. The second-order valence-corrected chi connectivity index (χ2v) is 20.3. The van der Waals surface area contributed by atoms with Gasteiger partial charge in [-0.2, -0.15) is 0 Å². The van der Waals surface area contributed by atoms with Crippen molar-refractivity contribution in [1.29, 1.82) is 0 Å². The molecular formula is C18H22OSn. The summed E-state index contributed by atoms with van der Waals surface area (Å²) >= 11 is -2.17. The van der Waals surface area contributed by atoms with Gasteiger partial charge in [-0.15, -0.1) is 0 Å². The van der Waals surface area contributed by atoms with Crippen LogP contribution in [0.3, 0.4) is 0 Å². The summed E-state index contributed by atoms with van der Waals surface area (Å²) in [5, 5.41) is 0. The molecule has 0 aliphatic rings. The normalized spacial score (nSPS) is 12.3. The van der Waals surface area contributed by atoms with Gasteiger partial charge >= 0.3 is 126 Å². The van der Waals surface area contributed by atoms with E-state index in [1.165, 1.54) is 11.1 Å². The average molecular weight is 373 g/mol. The van der Waals surface area contributed by atoms with E-state index in [9.17, 15) is 0 Å². The van der Waals surface area contributed by atoms with Gasteiger partial charge in [-0.3, -0.25) is 0 Å². The molecule has 2 rings (SSSR count). The first-order valence-electron chi connectivity index (χ1n) is 6.92. The van der Waals surface area contributed by atoms with Gasteiger partial charge in [-0.25, -0.2) is 0 Å². The third-order valence-corrected chi connectivity index (χ3v) is 9.17. The predicted molar refractivity (Wildman–Crippen MR) is 90.7 cm³/mol. The van der Waals surface area contributed by atoms with Gasteiger partial charge in [0.05, 0.1) is 0 Å². The van der Waals surface area contributed by atoms with Gasteiger partial charge in [-0.05, 0) is 0 Å². The zero-order valence-corrected chi connectivity index (χ0v) is 15.5. The molecule has 0 radical (unpaired) electrons. The van der Waals surface area contributed by atoms with Crippen molar-refractivity contribution in [1.82, 2.24) is 0 Å². The molecular weight excluding hydrogens is 351 g/mol. The van der Waals surface area contributed by atoms with Gasteiger partial charge in [-0.1, -0.05) is 0 Å². The Morgan fingerprint density at radius 1 is 0.900 bits per heavy atom. The molecule has 0 aromatic heterocycles. The molecule has 0 N–H and O–H groups in total. The fourth-order valence-electron chi connectivity index (χ4n) is 2.22. The van der Waals surface area contributed by atoms with Crippen molar-refractivity contribution in [3.63, 3.8) is 0 Å². The zero-order chi connectivity index (χ0) is 14.6. The van der Waals surface area contributed by atoms with Gasteiger partial charge in [0.25, 0.3) is 0 Å². The van der Waals surface area contributed by atoms with E-state index in [-0.39, 0.29) is 0 Å². The predicted octanol–water partition coefficient (Wildman–Crippen LogP) is 5.11. The van der Waals surface area contributed by atoms with Crippen LogP contribution in [0.25, 0.3) is 9.67 Å². The van der Waals surface area contributed by atoms with E-state index in [4.69, 9.17) is 4.74 Å². The number of methoxy groups -OCH3 is 1. The summed E-state index contributed by atoms with van der Waals surface area (Å²) in [5.74, 6) is 0.905. The molecule has 2 heteroatoms. The van der Waals surface area contributed by atoms with E-state index >= 15 is 0 Å². The second-order valence-electron chi connectivity index (χ2n) is 5.95. The Morgan fingerprint density at radius 3 is 2.00 bits per heavy atom. The molecule has 0 fully saturated rings. The van der Waals surface area contributed by atoms with Crippen LogP contribution in [0.1, 0.15) is 11.1 Å². The van der Waals surface area contributed by atoms with Crippen molar-refractivity contribution in [3.8, 4) is 5.75 Å². The Morgan fingerprint density at radius 2 is 1.50 bits per heavy atom. The Balaban J connectivity index is 2.43. The molecule has 0 atom stereocenters. The summed E-state index contributed by atoms with van der Waals surface area (Å²) in [5.41, 5.74) is 2.61. The van der Waals surface area contributed by atoms with Crippen LogP contribution in [0, 0.1) is 0 Å². The summed E-state index contributed by atoms with van der Waals surface area (Å²) < 4.78 is 6.76.